The number of hydrogen-bond acceptors (Lipinski definition) is 3. The zero-order chi connectivity index (χ0) is 10.9. The van der Waals surface area contributed by atoms with Crippen molar-refractivity contribution in [3.63, 3.8) is 0 Å². The molecule has 2 aromatic rings. The van der Waals surface area contributed by atoms with Gasteiger partial charge in [-0.15, -0.1) is 5.10 Å². The molecule has 0 saturated heterocycles. The number of aromatic nitrogens is 2. The Kier molecular flexibility index (Phi) is 2.74. The van der Waals surface area contributed by atoms with Crippen molar-refractivity contribution < 1.29 is 0 Å². The van der Waals surface area contributed by atoms with Crippen LogP contribution in [0.4, 0.5) is 0 Å². The third kappa shape index (κ3) is 1.76. The Labute approximate surface area is 94.5 Å². The van der Waals surface area contributed by atoms with E-state index in [0.717, 1.165) is 18.4 Å². The van der Waals surface area contributed by atoms with Gasteiger partial charge in [-0.3, -0.25) is 0 Å². The van der Waals surface area contributed by atoms with E-state index < -0.39 is 0 Å². The standard InChI is InChI=1S/C12H16N2S/c1-4-12(3,5-2)9-6-7-11-10(8-9)13-14-15-11/h6-8H,4-5H2,1-3H3. The first-order chi connectivity index (χ1) is 7.19. The number of fused-ring (bicyclic) bond motifs is 1. The van der Waals surface area contributed by atoms with E-state index in [1.807, 2.05) is 0 Å². The minimum Gasteiger partial charge on any atom is -0.138 e. The molecule has 0 aliphatic carbocycles. The lowest BCUT2D eigenvalue weighted by atomic mass is 9.78. The fourth-order valence-electron chi connectivity index (χ4n) is 1.81. The van der Waals surface area contributed by atoms with Crippen molar-refractivity contribution in [3.05, 3.63) is 23.8 Å². The zero-order valence-electron chi connectivity index (χ0n) is 9.45. The molecule has 0 amide bonds. The van der Waals surface area contributed by atoms with Crippen LogP contribution in [0.1, 0.15) is 39.2 Å². The van der Waals surface area contributed by atoms with Gasteiger partial charge >= 0.3 is 0 Å². The highest BCUT2D eigenvalue weighted by Crippen LogP contribution is 2.32. The molecular weight excluding hydrogens is 204 g/mol. The van der Waals surface area contributed by atoms with Gasteiger partial charge in [-0.2, -0.15) is 0 Å². The van der Waals surface area contributed by atoms with Crippen molar-refractivity contribution in [2.45, 2.75) is 39.0 Å². The molecule has 0 radical (unpaired) electrons. The maximum absolute atomic E-state index is 4.13. The summed E-state index contributed by atoms with van der Waals surface area (Å²) in [5.41, 5.74) is 2.69. The quantitative estimate of drug-likeness (QED) is 0.787. The van der Waals surface area contributed by atoms with Gasteiger partial charge in [0.15, 0.2) is 0 Å². The fraction of sp³-hybridized carbons (Fsp3) is 0.500. The average Bonchev–Trinajstić information content (AvgIpc) is 2.74. The molecule has 0 atom stereocenters. The second-order valence-electron chi connectivity index (χ2n) is 4.22. The fourth-order valence-corrected chi connectivity index (χ4v) is 2.35. The molecule has 0 unspecified atom stereocenters. The summed E-state index contributed by atoms with van der Waals surface area (Å²) < 4.78 is 5.14. The van der Waals surface area contributed by atoms with Gasteiger partial charge in [-0.05, 0) is 47.5 Å². The Morgan fingerprint density at radius 2 is 2.00 bits per heavy atom. The van der Waals surface area contributed by atoms with E-state index in [-0.39, 0.29) is 5.41 Å². The van der Waals surface area contributed by atoms with Gasteiger partial charge in [0, 0.05) is 0 Å². The third-order valence-corrected chi connectivity index (χ3v) is 4.21. The molecule has 2 nitrogen and oxygen atoms in total. The van der Waals surface area contributed by atoms with Crippen molar-refractivity contribution in [3.8, 4) is 0 Å². The van der Waals surface area contributed by atoms with Crippen molar-refractivity contribution in [1.29, 1.82) is 0 Å². The summed E-state index contributed by atoms with van der Waals surface area (Å²) in [7, 11) is 0. The van der Waals surface area contributed by atoms with Gasteiger partial charge in [0.05, 0.1) is 4.70 Å². The van der Waals surface area contributed by atoms with Gasteiger partial charge in [-0.25, -0.2) is 0 Å². The first-order valence-electron chi connectivity index (χ1n) is 5.42. The Morgan fingerprint density at radius 3 is 2.67 bits per heavy atom. The van der Waals surface area contributed by atoms with Crippen molar-refractivity contribution in [2.75, 3.05) is 0 Å². The van der Waals surface area contributed by atoms with Crippen LogP contribution in [0.3, 0.4) is 0 Å². The third-order valence-electron chi connectivity index (χ3n) is 3.50. The second kappa shape index (κ2) is 3.89. The molecule has 15 heavy (non-hydrogen) atoms. The number of hydrogen-bond donors (Lipinski definition) is 0. The van der Waals surface area contributed by atoms with Gasteiger partial charge in [0.25, 0.3) is 0 Å². The van der Waals surface area contributed by atoms with E-state index in [0.29, 0.717) is 0 Å². The molecule has 0 bridgehead atoms. The maximum Gasteiger partial charge on any atom is 0.106 e. The molecule has 0 N–H and O–H groups in total. The van der Waals surface area contributed by atoms with E-state index in [1.54, 1.807) is 0 Å². The molecule has 80 valence electrons. The minimum absolute atomic E-state index is 0.276. The first kappa shape index (κ1) is 10.6. The summed E-state index contributed by atoms with van der Waals surface area (Å²) in [6.45, 7) is 6.80. The monoisotopic (exact) mass is 220 g/mol. The number of nitrogens with zero attached hydrogens (tertiary/aromatic N) is 2. The maximum atomic E-state index is 4.13. The summed E-state index contributed by atoms with van der Waals surface area (Å²) in [5, 5.41) is 4.13. The van der Waals surface area contributed by atoms with Crippen LogP contribution >= 0.6 is 11.5 Å². The summed E-state index contributed by atoms with van der Waals surface area (Å²) in [5.74, 6) is 0. The van der Waals surface area contributed by atoms with E-state index >= 15 is 0 Å². The van der Waals surface area contributed by atoms with Gasteiger partial charge in [0.2, 0.25) is 0 Å². The smallest absolute Gasteiger partial charge is 0.106 e. The Morgan fingerprint density at radius 1 is 1.27 bits per heavy atom. The molecule has 3 heteroatoms. The Hall–Kier alpha value is -0.960. The summed E-state index contributed by atoms with van der Waals surface area (Å²) in [6, 6.07) is 6.54. The lowest BCUT2D eigenvalue weighted by molar-refractivity contribution is 0.439. The lowest BCUT2D eigenvalue weighted by Gasteiger charge is -2.27. The minimum atomic E-state index is 0.276. The second-order valence-corrected chi connectivity index (χ2v) is 5.01. The first-order valence-corrected chi connectivity index (χ1v) is 6.19. The molecular formula is C12H16N2S. The highest BCUT2D eigenvalue weighted by molar-refractivity contribution is 7.12. The molecule has 1 heterocycles. The van der Waals surface area contributed by atoms with Crippen molar-refractivity contribution in [1.82, 2.24) is 9.59 Å². The summed E-state index contributed by atoms with van der Waals surface area (Å²) >= 11 is 1.46. The van der Waals surface area contributed by atoms with Crippen LogP contribution in [-0.2, 0) is 5.41 Å². The van der Waals surface area contributed by atoms with Crippen LogP contribution in [0.15, 0.2) is 18.2 Å². The van der Waals surface area contributed by atoms with E-state index in [4.69, 9.17) is 0 Å². The molecule has 0 aliphatic rings. The molecule has 2 rings (SSSR count). The van der Waals surface area contributed by atoms with Crippen LogP contribution in [-0.4, -0.2) is 9.59 Å². The van der Waals surface area contributed by atoms with Crippen molar-refractivity contribution >= 4 is 21.7 Å². The number of benzene rings is 1. The molecule has 0 saturated carbocycles. The average molecular weight is 220 g/mol. The molecule has 1 aromatic carbocycles. The summed E-state index contributed by atoms with van der Waals surface area (Å²) in [6.07, 6.45) is 2.32. The van der Waals surface area contributed by atoms with Gasteiger partial charge in [0.1, 0.15) is 5.52 Å². The Bertz CT molecular complexity index is 457. The molecule has 0 spiro atoms. The van der Waals surface area contributed by atoms with Gasteiger partial charge < -0.3 is 0 Å². The van der Waals surface area contributed by atoms with Crippen LogP contribution in [0.5, 0.6) is 0 Å². The van der Waals surface area contributed by atoms with Gasteiger partial charge in [-0.1, -0.05) is 31.3 Å². The van der Waals surface area contributed by atoms with Crippen LogP contribution in [0, 0.1) is 0 Å². The normalized spacial score (nSPS) is 12.2. The highest BCUT2D eigenvalue weighted by atomic mass is 32.1. The predicted octanol–water partition coefficient (Wildman–Crippen LogP) is 3.77. The van der Waals surface area contributed by atoms with E-state index in [1.165, 1.54) is 21.8 Å². The largest absolute Gasteiger partial charge is 0.138 e. The Balaban J connectivity index is 2.51. The van der Waals surface area contributed by atoms with Crippen LogP contribution in [0.25, 0.3) is 10.2 Å². The zero-order valence-corrected chi connectivity index (χ0v) is 10.3. The molecule has 0 fully saturated rings. The lowest BCUT2D eigenvalue weighted by Crippen LogP contribution is -2.19. The molecule has 1 aromatic heterocycles. The summed E-state index contributed by atoms with van der Waals surface area (Å²) in [4.78, 5) is 0. The van der Waals surface area contributed by atoms with Crippen molar-refractivity contribution in [2.24, 2.45) is 0 Å². The van der Waals surface area contributed by atoms with E-state index in [2.05, 4.69) is 48.6 Å². The SMILES string of the molecule is CCC(C)(CC)c1ccc2snnc2c1. The van der Waals surface area contributed by atoms with E-state index in [9.17, 15) is 0 Å². The predicted molar refractivity (Wildman–Crippen MR) is 65.3 cm³/mol. The highest BCUT2D eigenvalue weighted by Gasteiger charge is 2.22. The number of rotatable bonds is 3. The van der Waals surface area contributed by atoms with Crippen LogP contribution < -0.4 is 0 Å². The molecule has 0 aliphatic heterocycles. The van der Waals surface area contributed by atoms with Crippen LogP contribution in [0.2, 0.25) is 0 Å². The topological polar surface area (TPSA) is 25.8 Å².